The summed E-state index contributed by atoms with van der Waals surface area (Å²) in [5, 5.41) is 6.80. The van der Waals surface area contributed by atoms with E-state index in [9.17, 15) is 0 Å². The van der Waals surface area contributed by atoms with Crippen LogP contribution in [0.25, 0.3) is 11.1 Å². The average molecular weight is 445 g/mol. The van der Waals surface area contributed by atoms with Crippen LogP contribution >= 0.6 is 0 Å². The lowest BCUT2D eigenvalue weighted by Crippen LogP contribution is -2.42. The molecule has 0 bridgehead atoms. The van der Waals surface area contributed by atoms with E-state index in [-0.39, 0.29) is 12.1 Å². The first-order valence-electron chi connectivity index (χ1n) is 11.9. The minimum Gasteiger partial charge on any atom is -0.378 e. The van der Waals surface area contributed by atoms with Gasteiger partial charge >= 0.3 is 0 Å². The van der Waals surface area contributed by atoms with Crippen molar-refractivity contribution in [2.45, 2.75) is 37.8 Å². The summed E-state index contributed by atoms with van der Waals surface area (Å²) in [4.78, 5) is 11.4. The number of nitrogens with one attached hydrogen (secondary N) is 2. The molecule has 3 aromatic rings. The fraction of sp³-hybridized carbons (Fsp3) is 0.385. The van der Waals surface area contributed by atoms with Gasteiger partial charge in [0.25, 0.3) is 0 Å². The van der Waals surface area contributed by atoms with Crippen molar-refractivity contribution >= 4 is 23.1 Å². The fourth-order valence-electron chi connectivity index (χ4n) is 4.58. The molecule has 0 radical (unpaired) electrons. The maximum Gasteiger partial charge on any atom is 0.224 e. The first-order valence-corrected chi connectivity index (χ1v) is 11.9. The number of hydrogen-bond donors (Lipinski definition) is 3. The van der Waals surface area contributed by atoms with E-state index in [1.54, 1.807) is 6.20 Å². The molecular formula is C26H32N6O. The van der Waals surface area contributed by atoms with Gasteiger partial charge in [-0.25, -0.2) is 4.98 Å². The molecular weight excluding hydrogens is 412 g/mol. The molecule has 2 aromatic carbocycles. The predicted molar refractivity (Wildman–Crippen MR) is 134 cm³/mol. The van der Waals surface area contributed by atoms with Crippen LogP contribution < -0.4 is 21.3 Å². The second-order valence-electron chi connectivity index (χ2n) is 8.81. The van der Waals surface area contributed by atoms with Gasteiger partial charge in [-0.3, -0.25) is 0 Å². The molecule has 7 nitrogen and oxygen atoms in total. The maximum atomic E-state index is 6.26. The molecule has 1 saturated carbocycles. The van der Waals surface area contributed by atoms with Crippen LogP contribution in [0.15, 0.2) is 60.8 Å². The third-order valence-corrected chi connectivity index (χ3v) is 6.52. The number of morpholine rings is 1. The molecule has 1 aliphatic heterocycles. The molecule has 2 heterocycles. The Kier molecular flexibility index (Phi) is 6.69. The van der Waals surface area contributed by atoms with Crippen molar-refractivity contribution in [2.24, 2.45) is 5.73 Å². The molecule has 0 amide bonds. The standard InChI is InChI=1S/C26H32N6O/c27-23-3-1-2-4-24(23)30-26-28-14-13-25(31-26)29-21-9-5-19(6-10-21)20-7-11-22(12-8-20)32-15-17-33-18-16-32/h5-14,23-24H,1-4,15-18,27H2,(H2,28,29,30,31)/t23-,24+/m0/s1. The number of benzene rings is 2. The van der Waals surface area contributed by atoms with Gasteiger partial charge in [-0.1, -0.05) is 37.1 Å². The van der Waals surface area contributed by atoms with Crippen LogP contribution in [0, 0.1) is 0 Å². The normalized spacial score (nSPS) is 20.9. The highest BCUT2D eigenvalue weighted by Gasteiger charge is 2.22. The van der Waals surface area contributed by atoms with Crippen molar-refractivity contribution in [2.75, 3.05) is 41.8 Å². The Balaban J connectivity index is 1.22. The Morgan fingerprint density at radius 1 is 0.879 bits per heavy atom. The Hall–Kier alpha value is -3.16. The minimum atomic E-state index is 0.162. The third kappa shape index (κ3) is 5.43. The molecule has 5 rings (SSSR count). The molecule has 1 aromatic heterocycles. The summed E-state index contributed by atoms with van der Waals surface area (Å²) in [6.45, 7) is 3.50. The van der Waals surface area contributed by atoms with Crippen LogP contribution in [0.1, 0.15) is 25.7 Å². The Bertz CT molecular complexity index is 1030. The van der Waals surface area contributed by atoms with E-state index >= 15 is 0 Å². The Labute approximate surface area is 195 Å². The van der Waals surface area contributed by atoms with E-state index in [1.807, 2.05) is 6.07 Å². The van der Waals surface area contributed by atoms with Gasteiger partial charge in [0, 0.05) is 42.7 Å². The molecule has 2 fully saturated rings. The monoisotopic (exact) mass is 444 g/mol. The average Bonchev–Trinajstić information content (AvgIpc) is 2.87. The zero-order valence-corrected chi connectivity index (χ0v) is 18.9. The number of rotatable bonds is 6. The van der Waals surface area contributed by atoms with Gasteiger partial charge in [0.1, 0.15) is 5.82 Å². The lowest BCUT2D eigenvalue weighted by Gasteiger charge is -2.29. The van der Waals surface area contributed by atoms with Gasteiger partial charge in [-0.15, -0.1) is 0 Å². The van der Waals surface area contributed by atoms with Crippen molar-refractivity contribution in [3.8, 4) is 11.1 Å². The number of nitrogens with two attached hydrogens (primary N) is 1. The molecule has 2 atom stereocenters. The summed E-state index contributed by atoms with van der Waals surface area (Å²) in [5.41, 5.74) is 10.9. The van der Waals surface area contributed by atoms with E-state index in [4.69, 9.17) is 10.5 Å². The maximum absolute atomic E-state index is 6.26. The lowest BCUT2D eigenvalue weighted by atomic mass is 9.91. The van der Waals surface area contributed by atoms with E-state index in [0.717, 1.165) is 50.7 Å². The van der Waals surface area contributed by atoms with Crippen molar-refractivity contribution < 1.29 is 4.74 Å². The van der Waals surface area contributed by atoms with E-state index in [2.05, 4.69) is 74.0 Å². The van der Waals surface area contributed by atoms with Gasteiger partial charge in [0.2, 0.25) is 5.95 Å². The zero-order chi connectivity index (χ0) is 22.5. The number of ether oxygens (including phenoxy) is 1. The Morgan fingerprint density at radius 2 is 1.58 bits per heavy atom. The summed E-state index contributed by atoms with van der Waals surface area (Å²) in [5.74, 6) is 1.39. The van der Waals surface area contributed by atoms with Crippen molar-refractivity contribution in [3.63, 3.8) is 0 Å². The molecule has 2 aliphatic rings. The highest BCUT2D eigenvalue weighted by Crippen LogP contribution is 2.26. The van der Waals surface area contributed by atoms with Crippen LogP contribution in [0.4, 0.5) is 23.1 Å². The first kappa shape index (κ1) is 21.7. The van der Waals surface area contributed by atoms with E-state index in [1.165, 1.54) is 29.7 Å². The Morgan fingerprint density at radius 3 is 2.30 bits per heavy atom. The highest BCUT2D eigenvalue weighted by molar-refractivity contribution is 5.69. The summed E-state index contributed by atoms with van der Waals surface area (Å²) in [7, 11) is 0. The molecule has 33 heavy (non-hydrogen) atoms. The second kappa shape index (κ2) is 10.2. The number of aromatic nitrogens is 2. The second-order valence-corrected chi connectivity index (χ2v) is 8.81. The van der Waals surface area contributed by atoms with Crippen LogP contribution in [0.2, 0.25) is 0 Å². The molecule has 1 saturated heterocycles. The van der Waals surface area contributed by atoms with Crippen molar-refractivity contribution in [3.05, 3.63) is 60.8 Å². The van der Waals surface area contributed by atoms with Crippen molar-refractivity contribution in [1.29, 1.82) is 0 Å². The highest BCUT2D eigenvalue weighted by atomic mass is 16.5. The van der Waals surface area contributed by atoms with Crippen LogP contribution in [0.3, 0.4) is 0 Å². The van der Waals surface area contributed by atoms with Crippen LogP contribution in [0.5, 0.6) is 0 Å². The smallest absolute Gasteiger partial charge is 0.224 e. The number of nitrogens with zero attached hydrogens (tertiary/aromatic N) is 3. The summed E-state index contributed by atoms with van der Waals surface area (Å²) in [6.07, 6.45) is 6.30. The van der Waals surface area contributed by atoms with Crippen LogP contribution in [-0.4, -0.2) is 48.4 Å². The lowest BCUT2D eigenvalue weighted by molar-refractivity contribution is 0.122. The topological polar surface area (TPSA) is 88.3 Å². The third-order valence-electron chi connectivity index (χ3n) is 6.52. The molecule has 172 valence electrons. The summed E-state index contributed by atoms with van der Waals surface area (Å²) in [6, 6.07) is 19.5. The minimum absolute atomic E-state index is 0.162. The number of hydrogen-bond acceptors (Lipinski definition) is 7. The molecule has 1 aliphatic carbocycles. The summed E-state index contributed by atoms with van der Waals surface area (Å²) < 4.78 is 5.45. The van der Waals surface area contributed by atoms with Gasteiger partial charge in [-0.2, -0.15) is 4.98 Å². The predicted octanol–water partition coefficient (Wildman–Crippen LogP) is 4.41. The van der Waals surface area contributed by atoms with Crippen molar-refractivity contribution in [1.82, 2.24) is 9.97 Å². The zero-order valence-electron chi connectivity index (χ0n) is 18.9. The SMILES string of the molecule is N[C@H]1CCCC[C@H]1Nc1nccc(Nc2ccc(-c3ccc(N4CCOCC4)cc3)cc2)n1. The molecule has 4 N–H and O–H groups in total. The van der Waals surface area contributed by atoms with Gasteiger partial charge < -0.3 is 26.0 Å². The van der Waals surface area contributed by atoms with E-state index in [0.29, 0.717) is 5.95 Å². The first-order chi connectivity index (χ1) is 16.2. The fourth-order valence-corrected chi connectivity index (χ4v) is 4.58. The quantitative estimate of drug-likeness (QED) is 0.519. The van der Waals surface area contributed by atoms with E-state index < -0.39 is 0 Å². The molecule has 0 unspecified atom stereocenters. The van der Waals surface area contributed by atoms with Gasteiger partial charge in [0.15, 0.2) is 0 Å². The largest absolute Gasteiger partial charge is 0.378 e. The number of anilines is 4. The molecule has 7 heteroatoms. The molecule has 0 spiro atoms. The van der Waals surface area contributed by atoms with Crippen LogP contribution in [-0.2, 0) is 4.74 Å². The van der Waals surface area contributed by atoms with Gasteiger partial charge in [0.05, 0.1) is 13.2 Å². The summed E-state index contributed by atoms with van der Waals surface area (Å²) >= 11 is 0. The van der Waals surface area contributed by atoms with Gasteiger partial charge in [-0.05, 0) is 54.3 Å².